The fourth-order valence-electron chi connectivity index (χ4n) is 8.28. The molecule has 3 aliphatic heterocycles. The number of halogens is 2. The van der Waals surface area contributed by atoms with Crippen molar-refractivity contribution in [2.45, 2.75) is 55.6 Å². The molecule has 0 amide bonds. The topological polar surface area (TPSA) is 64.5 Å². The van der Waals surface area contributed by atoms with Crippen molar-refractivity contribution in [2.24, 2.45) is 5.92 Å². The van der Waals surface area contributed by atoms with E-state index >= 15 is 4.39 Å². The third-order valence-electron chi connectivity index (χ3n) is 10.0. The summed E-state index contributed by atoms with van der Waals surface area (Å²) in [6, 6.07) is 14.2. The van der Waals surface area contributed by atoms with Crippen molar-refractivity contribution in [3.05, 3.63) is 59.0 Å². The molecule has 9 rings (SSSR count). The number of fused-ring (bicyclic) bond motifs is 2. The van der Waals surface area contributed by atoms with Crippen LogP contribution in [0.3, 0.4) is 0 Å². The number of rotatable bonds is 4. The fraction of sp³-hybridized carbons (Fsp3) is 0.438. The number of aromatic nitrogens is 2. The van der Waals surface area contributed by atoms with E-state index in [1.165, 1.54) is 12.8 Å². The summed E-state index contributed by atoms with van der Waals surface area (Å²) < 4.78 is 16.9. The van der Waals surface area contributed by atoms with Crippen LogP contribution in [0.15, 0.2) is 42.5 Å². The highest BCUT2D eigenvalue weighted by atomic mass is 35.5. The molecule has 206 valence electrons. The molecule has 0 spiro atoms. The molecule has 2 saturated carbocycles. The molecule has 1 aromatic heterocycles. The maximum Gasteiger partial charge on any atom is 0.226 e. The van der Waals surface area contributed by atoms with Gasteiger partial charge >= 0.3 is 0 Å². The van der Waals surface area contributed by atoms with E-state index in [-0.39, 0.29) is 16.7 Å². The smallest absolute Gasteiger partial charge is 0.226 e. The predicted octanol–water partition coefficient (Wildman–Crippen LogP) is 5.87. The zero-order chi connectivity index (χ0) is 27.3. The van der Waals surface area contributed by atoms with Crippen LogP contribution in [0.5, 0.6) is 5.75 Å². The van der Waals surface area contributed by atoms with E-state index < -0.39 is 5.82 Å². The van der Waals surface area contributed by atoms with Crippen LogP contribution in [0, 0.1) is 11.7 Å². The van der Waals surface area contributed by atoms with Crippen molar-refractivity contribution in [3.8, 4) is 16.9 Å². The Morgan fingerprint density at radius 2 is 1.77 bits per heavy atom. The van der Waals surface area contributed by atoms with Crippen molar-refractivity contribution in [1.29, 1.82) is 0 Å². The molecule has 4 heterocycles. The Morgan fingerprint density at radius 1 is 1.02 bits per heavy atom. The number of piperidine rings is 2. The molecule has 2 aliphatic carbocycles. The number of nitrogens with zero attached hydrogens (tertiary/aromatic N) is 4. The highest BCUT2D eigenvalue weighted by Gasteiger charge is 2.53. The lowest BCUT2D eigenvalue weighted by Crippen LogP contribution is -2.62. The van der Waals surface area contributed by atoms with Crippen LogP contribution in [0.1, 0.15) is 37.8 Å². The molecule has 8 heteroatoms. The van der Waals surface area contributed by atoms with Gasteiger partial charge < -0.3 is 20.2 Å². The van der Waals surface area contributed by atoms with Crippen LogP contribution in [-0.4, -0.2) is 65.3 Å². The second-order valence-corrected chi connectivity index (χ2v) is 13.3. The molecule has 3 saturated heterocycles. The molecule has 2 N–H and O–H groups in total. The van der Waals surface area contributed by atoms with Crippen molar-refractivity contribution in [1.82, 2.24) is 20.2 Å². The van der Waals surface area contributed by atoms with Crippen LogP contribution < -0.4 is 10.2 Å². The number of phenols is 1. The average molecular weight is 558 g/mol. The summed E-state index contributed by atoms with van der Waals surface area (Å²) in [4.78, 5) is 14.5. The summed E-state index contributed by atoms with van der Waals surface area (Å²) in [6.07, 6.45) is 5.56. The van der Waals surface area contributed by atoms with E-state index in [1.54, 1.807) is 12.1 Å². The van der Waals surface area contributed by atoms with Gasteiger partial charge in [0.2, 0.25) is 5.95 Å². The van der Waals surface area contributed by atoms with Gasteiger partial charge in [-0.2, -0.15) is 0 Å². The molecule has 5 aliphatic rings. The molecule has 0 radical (unpaired) electrons. The number of hydrogen-bond acceptors (Lipinski definition) is 6. The van der Waals surface area contributed by atoms with Gasteiger partial charge in [0.25, 0.3) is 0 Å². The van der Waals surface area contributed by atoms with E-state index in [0.29, 0.717) is 46.1 Å². The number of hydrogen-bond donors (Lipinski definition) is 2. The number of anilines is 1. The standard InChI is InChI=1S/C32H33ClFN5O/c1-38(2)21-15-39(16-21)31-36-29-25(30(37-31)32-12-17-7-19(13-32)35-20(8-17)14-32)11-26(33)27(28(29)34)24-10-22(40)9-18-5-3-4-6-23(18)24/h3-6,9-11,17,19-21,35,40H,7-8,12-16H2,1-2H3. The van der Waals surface area contributed by atoms with Crippen LogP contribution in [0.25, 0.3) is 32.8 Å². The Labute approximate surface area is 238 Å². The number of likely N-dealkylation sites (N-methyl/N-ethyl adjacent to an activating group) is 1. The minimum Gasteiger partial charge on any atom is -0.508 e. The first kappa shape index (κ1) is 24.8. The van der Waals surface area contributed by atoms with E-state index in [2.05, 4.69) is 29.2 Å². The second kappa shape index (κ2) is 8.75. The summed E-state index contributed by atoms with van der Waals surface area (Å²) in [5.41, 5.74) is 2.04. The van der Waals surface area contributed by atoms with E-state index in [0.717, 1.165) is 54.2 Å². The summed E-state index contributed by atoms with van der Waals surface area (Å²) in [6.45, 7) is 1.64. The molecule has 3 aromatic carbocycles. The molecule has 4 aromatic rings. The Hall–Kier alpha value is -3.00. The van der Waals surface area contributed by atoms with Gasteiger partial charge in [-0.15, -0.1) is 0 Å². The van der Waals surface area contributed by atoms with Crippen molar-refractivity contribution < 1.29 is 9.50 Å². The molecule has 40 heavy (non-hydrogen) atoms. The van der Waals surface area contributed by atoms with E-state index in [9.17, 15) is 5.11 Å². The highest BCUT2D eigenvalue weighted by Crippen LogP contribution is 2.55. The Morgan fingerprint density at radius 3 is 2.50 bits per heavy atom. The lowest BCUT2D eigenvalue weighted by atomic mass is 9.54. The molecular formula is C32H33ClFN5O. The zero-order valence-corrected chi connectivity index (χ0v) is 23.5. The first-order chi connectivity index (χ1) is 19.3. The molecular weight excluding hydrogens is 525 g/mol. The van der Waals surface area contributed by atoms with Gasteiger partial charge in [0, 0.05) is 47.6 Å². The largest absolute Gasteiger partial charge is 0.508 e. The van der Waals surface area contributed by atoms with Gasteiger partial charge in [-0.1, -0.05) is 35.9 Å². The maximum atomic E-state index is 16.9. The molecule has 5 fully saturated rings. The lowest BCUT2D eigenvalue weighted by Gasteiger charge is -2.57. The number of nitrogens with one attached hydrogen (secondary N) is 1. The minimum atomic E-state index is -0.448. The third-order valence-corrected chi connectivity index (χ3v) is 10.3. The van der Waals surface area contributed by atoms with Gasteiger partial charge in [-0.05, 0) is 86.7 Å². The average Bonchev–Trinajstić information content (AvgIpc) is 2.86. The summed E-state index contributed by atoms with van der Waals surface area (Å²) in [7, 11) is 4.18. The summed E-state index contributed by atoms with van der Waals surface area (Å²) in [5, 5.41) is 17.1. The predicted molar refractivity (Wildman–Crippen MR) is 158 cm³/mol. The van der Waals surface area contributed by atoms with Gasteiger partial charge in [-0.3, -0.25) is 0 Å². The van der Waals surface area contributed by atoms with Crippen molar-refractivity contribution in [3.63, 3.8) is 0 Å². The quantitative estimate of drug-likeness (QED) is 0.327. The minimum absolute atomic E-state index is 0.0738. The van der Waals surface area contributed by atoms with Gasteiger partial charge in [0.05, 0.1) is 10.7 Å². The summed E-state index contributed by atoms with van der Waals surface area (Å²) in [5.74, 6) is 0.908. The monoisotopic (exact) mass is 557 g/mol. The van der Waals surface area contributed by atoms with Crippen molar-refractivity contribution in [2.75, 3.05) is 32.1 Å². The summed E-state index contributed by atoms with van der Waals surface area (Å²) >= 11 is 6.96. The first-order valence-electron chi connectivity index (χ1n) is 14.4. The van der Waals surface area contributed by atoms with Crippen LogP contribution in [0.2, 0.25) is 5.02 Å². The van der Waals surface area contributed by atoms with Crippen molar-refractivity contribution >= 4 is 39.2 Å². The van der Waals surface area contributed by atoms with Gasteiger partial charge in [0.1, 0.15) is 11.3 Å². The Balaban J connectivity index is 1.36. The van der Waals surface area contributed by atoms with Crippen LogP contribution in [-0.2, 0) is 5.41 Å². The Bertz CT molecular complexity index is 1650. The number of aromatic hydroxyl groups is 1. The SMILES string of the molecule is CN(C)C1CN(c2nc(C34CC5CC(C3)NC(C5)C4)c3cc(Cl)c(-c4cc(O)cc5ccccc45)c(F)c3n2)C1. The second-order valence-electron chi connectivity index (χ2n) is 12.8. The van der Waals surface area contributed by atoms with Gasteiger partial charge in [-0.25, -0.2) is 14.4 Å². The van der Waals surface area contributed by atoms with E-state index in [1.807, 2.05) is 30.3 Å². The lowest BCUT2D eigenvalue weighted by molar-refractivity contribution is 0.0317. The zero-order valence-electron chi connectivity index (χ0n) is 22.8. The van der Waals surface area contributed by atoms with E-state index in [4.69, 9.17) is 21.6 Å². The molecule has 6 nitrogen and oxygen atoms in total. The van der Waals surface area contributed by atoms with Gasteiger partial charge in [0.15, 0.2) is 5.82 Å². The Kier molecular flexibility index (Phi) is 5.42. The third kappa shape index (κ3) is 3.67. The molecule has 2 atom stereocenters. The van der Waals surface area contributed by atoms with Crippen LogP contribution >= 0.6 is 11.6 Å². The molecule has 4 bridgehead atoms. The molecule has 2 unspecified atom stereocenters. The fourth-order valence-corrected chi connectivity index (χ4v) is 8.57. The number of benzene rings is 3. The highest BCUT2D eigenvalue weighted by molar-refractivity contribution is 6.34. The maximum absolute atomic E-state index is 16.9. The first-order valence-corrected chi connectivity index (χ1v) is 14.8. The number of phenolic OH excluding ortho intramolecular Hbond substituents is 1. The van der Waals surface area contributed by atoms with Crippen LogP contribution in [0.4, 0.5) is 10.3 Å². The normalized spacial score (nSPS) is 27.7.